The summed E-state index contributed by atoms with van der Waals surface area (Å²) < 4.78 is 5.98. The zero-order valence-corrected chi connectivity index (χ0v) is 12.2. The van der Waals surface area contributed by atoms with E-state index in [1.165, 1.54) is 0 Å². The van der Waals surface area contributed by atoms with Crippen molar-refractivity contribution in [3.63, 3.8) is 0 Å². The molecule has 0 saturated carbocycles. The zero-order chi connectivity index (χ0) is 14.7. The molecular weight excluding hydrogens is 278 g/mol. The van der Waals surface area contributed by atoms with Gasteiger partial charge in [-0.1, -0.05) is 6.07 Å². The van der Waals surface area contributed by atoms with E-state index >= 15 is 0 Å². The van der Waals surface area contributed by atoms with Gasteiger partial charge >= 0.3 is 0 Å². The minimum absolute atomic E-state index is 0.0832. The summed E-state index contributed by atoms with van der Waals surface area (Å²) in [5.41, 5.74) is 2.14. The van der Waals surface area contributed by atoms with E-state index in [-0.39, 0.29) is 5.91 Å². The number of carbonyl (C=O) groups is 1. The van der Waals surface area contributed by atoms with Gasteiger partial charge in [-0.2, -0.15) is 0 Å². The van der Waals surface area contributed by atoms with E-state index in [1.807, 2.05) is 23.1 Å². The molecule has 4 heterocycles. The largest absolute Gasteiger partial charge is 0.374 e. The van der Waals surface area contributed by atoms with Crippen molar-refractivity contribution in [1.29, 1.82) is 0 Å². The molecule has 0 N–H and O–H groups in total. The van der Waals surface area contributed by atoms with E-state index < -0.39 is 0 Å². The SMILES string of the molecule is O=C(c1cccc2nccnc12)N1C[C@@H]2[C@H](C1)[C@H]1CC[C@@H]2O1. The molecule has 3 fully saturated rings. The van der Waals surface area contributed by atoms with Crippen molar-refractivity contribution in [2.45, 2.75) is 25.0 Å². The van der Waals surface area contributed by atoms with E-state index in [9.17, 15) is 4.79 Å². The van der Waals surface area contributed by atoms with Gasteiger partial charge < -0.3 is 9.64 Å². The normalized spacial score (nSPS) is 32.6. The van der Waals surface area contributed by atoms with Gasteiger partial charge in [-0.3, -0.25) is 14.8 Å². The maximum atomic E-state index is 12.9. The molecule has 4 atom stereocenters. The van der Waals surface area contributed by atoms with Crippen LogP contribution in [-0.2, 0) is 4.74 Å². The molecule has 3 saturated heterocycles. The third kappa shape index (κ3) is 1.66. The molecule has 3 aliphatic rings. The number of para-hydroxylation sites is 1. The predicted molar refractivity (Wildman–Crippen MR) is 80.3 cm³/mol. The summed E-state index contributed by atoms with van der Waals surface area (Å²) in [5, 5.41) is 0. The van der Waals surface area contributed by atoms with Gasteiger partial charge in [-0.25, -0.2) is 0 Å². The number of fused-ring (bicyclic) bond motifs is 6. The molecule has 2 bridgehead atoms. The van der Waals surface area contributed by atoms with Gasteiger partial charge in [0.1, 0.15) is 5.52 Å². The maximum absolute atomic E-state index is 12.9. The smallest absolute Gasteiger partial charge is 0.256 e. The molecule has 1 amide bonds. The summed E-state index contributed by atoms with van der Waals surface area (Å²) in [7, 11) is 0. The first-order valence-electron chi connectivity index (χ1n) is 7.96. The van der Waals surface area contributed by atoms with Crippen molar-refractivity contribution in [3.8, 4) is 0 Å². The van der Waals surface area contributed by atoms with Crippen LogP contribution in [0.1, 0.15) is 23.2 Å². The molecule has 2 aromatic rings. The van der Waals surface area contributed by atoms with Gasteiger partial charge in [0.2, 0.25) is 0 Å². The number of ether oxygens (including phenoxy) is 1. The van der Waals surface area contributed by atoms with Crippen LogP contribution in [0.15, 0.2) is 30.6 Å². The number of hydrogen-bond donors (Lipinski definition) is 0. The second-order valence-corrected chi connectivity index (χ2v) is 6.56. The third-order valence-corrected chi connectivity index (χ3v) is 5.47. The van der Waals surface area contributed by atoms with Crippen molar-refractivity contribution in [3.05, 3.63) is 36.2 Å². The second kappa shape index (κ2) is 4.49. The van der Waals surface area contributed by atoms with Crippen LogP contribution in [0.3, 0.4) is 0 Å². The van der Waals surface area contributed by atoms with Crippen molar-refractivity contribution in [2.24, 2.45) is 11.8 Å². The summed E-state index contributed by atoms with van der Waals surface area (Å²) in [6, 6.07) is 5.64. The highest BCUT2D eigenvalue weighted by molar-refractivity contribution is 6.04. The maximum Gasteiger partial charge on any atom is 0.256 e. The van der Waals surface area contributed by atoms with Gasteiger partial charge in [0, 0.05) is 37.3 Å². The van der Waals surface area contributed by atoms with E-state index in [1.54, 1.807) is 12.4 Å². The Morgan fingerprint density at radius 1 is 1.09 bits per heavy atom. The lowest BCUT2D eigenvalue weighted by Gasteiger charge is -2.19. The van der Waals surface area contributed by atoms with E-state index in [4.69, 9.17) is 4.74 Å². The molecule has 22 heavy (non-hydrogen) atoms. The zero-order valence-electron chi connectivity index (χ0n) is 12.2. The lowest BCUT2D eigenvalue weighted by Crippen LogP contribution is -2.31. The Morgan fingerprint density at radius 2 is 1.82 bits per heavy atom. The molecule has 0 aliphatic carbocycles. The topological polar surface area (TPSA) is 55.3 Å². The molecule has 1 aromatic heterocycles. The summed E-state index contributed by atoms with van der Waals surface area (Å²) in [4.78, 5) is 23.6. The highest BCUT2D eigenvalue weighted by atomic mass is 16.5. The van der Waals surface area contributed by atoms with Crippen molar-refractivity contribution in [2.75, 3.05) is 13.1 Å². The Balaban J connectivity index is 1.47. The predicted octanol–water partition coefficient (Wildman–Crippen LogP) is 1.88. The van der Waals surface area contributed by atoms with Crippen molar-refractivity contribution < 1.29 is 9.53 Å². The van der Waals surface area contributed by atoms with E-state index in [0.717, 1.165) is 31.4 Å². The van der Waals surface area contributed by atoms with Gasteiger partial charge in [0.25, 0.3) is 5.91 Å². The summed E-state index contributed by atoms with van der Waals surface area (Å²) in [6.45, 7) is 1.64. The Kier molecular flexibility index (Phi) is 2.56. The van der Waals surface area contributed by atoms with Crippen LogP contribution in [0, 0.1) is 11.8 Å². The Bertz CT molecular complexity index is 739. The molecule has 0 unspecified atom stereocenters. The summed E-state index contributed by atoms with van der Waals surface area (Å²) in [5.74, 6) is 1.15. The van der Waals surface area contributed by atoms with Gasteiger partial charge in [-0.15, -0.1) is 0 Å². The molecule has 5 heteroatoms. The van der Waals surface area contributed by atoms with Crippen LogP contribution in [0.5, 0.6) is 0 Å². The molecule has 0 spiro atoms. The van der Waals surface area contributed by atoms with Crippen LogP contribution in [-0.4, -0.2) is 46.1 Å². The number of likely N-dealkylation sites (tertiary alicyclic amines) is 1. The first-order valence-corrected chi connectivity index (χ1v) is 7.96. The first kappa shape index (κ1) is 12.5. The minimum Gasteiger partial charge on any atom is -0.374 e. The van der Waals surface area contributed by atoms with Crippen LogP contribution >= 0.6 is 0 Å². The van der Waals surface area contributed by atoms with Gasteiger partial charge in [0.05, 0.1) is 23.3 Å². The first-order chi connectivity index (χ1) is 10.8. The molecule has 5 rings (SSSR count). The van der Waals surface area contributed by atoms with Crippen molar-refractivity contribution >= 4 is 16.9 Å². The van der Waals surface area contributed by atoms with Crippen LogP contribution < -0.4 is 0 Å². The number of nitrogens with zero attached hydrogens (tertiary/aromatic N) is 3. The molecular formula is C17H17N3O2. The summed E-state index contributed by atoms with van der Waals surface area (Å²) >= 11 is 0. The number of benzene rings is 1. The Labute approximate surface area is 128 Å². The fraction of sp³-hybridized carbons (Fsp3) is 0.471. The number of aromatic nitrogens is 2. The fourth-order valence-electron chi connectivity index (χ4n) is 4.46. The van der Waals surface area contributed by atoms with Crippen molar-refractivity contribution in [1.82, 2.24) is 14.9 Å². The standard InChI is InChI=1S/C17H17N3O2/c21-17(10-2-1-3-13-16(10)19-7-6-18-13)20-8-11-12(9-20)15-5-4-14(11)22-15/h1-3,6-7,11-12,14-15H,4-5,8-9H2/t11-,12+,14+,15-. The molecule has 0 radical (unpaired) electrons. The van der Waals surface area contributed by atoms with Crippen LogP contribution in [0.25, 0.3) is 11.0 Å². The molecule has 112 valence electrons. The van der Waals surface area contributed by atoms with Crippen LogP contribution in [0.4, 0.5) is 0 Å². The number of carbonyl (C=O) groups excluding carboxylic acids is 1. The molecule has 1 aromatic carbocycles. The minimum atomic E-state index is 0.0832. The monoisotopic (exact) mass is 295 g/mol. The van der Waals surface area contributed by atoms with E-state index in [0.29, 0.717) is 35.1 Å². The third-order valence-electron chi connectivity index (χ3n) is 5.47. The summed E-state index contributed by atoms with van der Waals surface area (Å²) in [6.07, 6.45) is 6.37. The molecule has 5 nitrogen and oxygen atoms in total. The number of rotatable bonds is 1. The average Bonchev–Trinajstić information content (AvgIpc) is 3.26. The van der Waals surface area contributed by atoms with Gasteiger partial charge in [0.15, 0.2) is 0 Å². The Hall–Kier alpha value is -2.01. The number of amides is 1. The van der Waals surface area contributed by atoms with Gasteiger partial charge in [-0.05, 0) is 25.0 Å². The highest BCUT2D eigenvalue weighted by Crippen LogP contribution is 2.47. The number of hydrogen-bond acceptors (Lipinski definition) is 4. The van der Waals surface area contributed by atoms with Crippen LogP contribution in [0.2, 0.25) is 0 Å². The average molecular weight is 295 g/mol. The quantitative estimate of drug-likeness (QED) is 0.806. The molecule has 3 aliphatic heterocycles. The second-order valence-electron chi connectivity index (χ2n) is 6.56. The lowest BCUT2D eigenvalue weighted by molar-refractivity contribution is 0.0595. The van der Waals surface area contributed by atoms with E-state index in [2.05, 4.69) is 9.97 Å². The Morgan fingerprint density at radius 3 is 2.59 bits per heavy atom. The lowest BCUT2D eigenvalue weighted by atomic mass is 9.82. The highest BCUT2D eigenvalue weighted by Gasteiger charge is 2.53. The fourth-order valence-corrected chi connectivity index (χ4v) is 4.46.